The summed E-state index contributed by atoms with van der Waals surface area (Å²) in [6, 6.07) is 16.2. The summed E-state index contributed by atoms with van der Waals surface area (Å²) in [5.74, 6) is 0.460. The van der Waals surface area contributed by atoms with Crippen LogP contribution in [0.15, 0.2) is 65.6 Å². The molecule has 31 heavy (non-hydrogen) atoms. The molecule has 0 saturated carbocycles. The Morgan fingerprint density at radius 1 is 0.774 bits per heavy atom. The molecule has 0 saturated heterocycles. The van der Waals surface area contributed by atoms with Gasteiger partial charge in [0.25, 0.3) is 15.9 Å². The van der Waals surface area contributed by atoms with Crippen LogP contribution in [0.2, 0.25) is 0 Å². The highest BCUT2D eigenvalue weighted by Gasteiger charge is 2.17. The minimum absolute atomic E-state index is 0.0294. The SMILES string of the molecule is COc1ccc(S(=O)(=O)Nc2ccc(C(=O)Nc3ccc(C)c(C)c3)cc2)cc1OC. The molecule has 0 bridgehead atoms. The predicted octanol–water partition coefficient (Wildman–Crippen LogP) is 4.37. The zero-order valence-electron chi connectivity index (χ0n) is 17.7. The Morgan fingerprint density at radius 2 is 1.42 bits per heavy atom. The second kappa shape index (κ2) is 9.09. The Balaban J connectivity index is 1.73. The zero-order valence-corrected chi connectivity index (χ0v) is 18.5. The van der Waals surface area contributed by atoms with Crippen molar-refractivity contribution >= 4 is 27.3 Å². The van der Waals surface area contributed by atoms with Crippen LogP contribution in [-0.4, -0.2) is 28.5 Å². The Bertz CT molecular complexity index is 1210. The highest BCUT2D eigenvalue weighted by molar-refractivity contribution is 7.92. The largest absolute Gasteiger partial charge is 0.493 e. The third kappa shape index (κ3) is 5.16. The lowest BCUT2D eigenvalue weighted by Crippen LogP contribution is -2.14. The summed E-state index contributed by atoms with van der Waals surface area (Å²) < 4.78 is 38.2. The van der Waals surface area contributed by atoms with Gasteiger partial charge in [-0.25, -0.2) is 8.42 Å². The number of rotatable bonds is 7. The van der Waals surface area contributed by atoms with Crippen molar-refractivity contribution in [3.8, 4) is 11.5 Å². The number of carbonyl (C=O) groups excluding carboxylic acids is 1. The van der Waals surface area contributed by atoms with E-state index >= 15 is 0 Å². The van der Waals surface area contributed by atoms with Crippen LogP contribution < -0.4 is 19.5 Å². The van der Waals surface area contributed by atoms with Crippen molar-refractivity contribution < 1.29 is 22.7 Å². The Morgan fingerprint density at radius 3 is 2.03 bits per heavy atom. The number of carbonyl (C=O) groups is 1. The van der Waals surface area contributed by atoms with E-state index < -0.39 is 10.0 Å². The summed E-state index contributed by atoms with van der Waals surface area (Å²) in [6.45, 7) is 3.98. The van der Waals surface area contributed by atoms with Gasteiger partial charge in [0.05, 0.1) is 19.1 Å². The molecule has 0 spiro atoms. The first kappa shape index (κ1) is 22.2. The average molecular weight is 441 g/mol. The van der Waals surface area contributed by atoms with Gasteiger partial charge in [0.1, 0.15) is 0 Å². The van der Waals surface area contributed by atoms with Gasteiger partial charge in [0.2, 0.25) is 0 Å². The number of methoxy groups -OCH3 is 2. The number of anilines is 2. The summed E-state index contributed by atoms with van der Waals surface area (Å²) in [5.41, 5.74) is 3.66. The molecule has 0 aliphatic carbocycles. The van der Waals surface area contributed by atoms with E-state index in [1.807, 2.05) is 32.0 Å². The van der Waals surface area contributed by atoms with E-state index in [-0.39, 0.29) is 10.8 Å². The number of amides is 1. The summed E-state index contributed by atoms with van der Waals surface area (Å²) >= 11 is 0. The van der Waals surface area contributed by atoms with E-state index in [9.17, 15) is 13.2 Å². The first-order valence-electron chi connectivity index (χ1n) is 9.47. The normalized spacial score (nSPS) is 11.0. The quantitative estimate of drug-likeness (QED) is 0.569. The van der Waals surface area contributed by atoms with Crippen molar-refractivity contribution in [1.29, 1.82) is 0 Å². The van der Waals surface area contributed by atoms with Crippen molar-refractivity contribution in [2.45, 2.75) is 18.7 Å². The number of hydrogen-bond acceptors (Lipinski definition) is 5. The number of sulfonamides is 1. The van der Waals surface area contributed by atoms with Crippen LogP contribution in [0, 0.1) is 13.8 Å². The standard InChI is InChI=1S/C23H24N2O5S/c1-15-5-8-19(13-16(15)2)24-23(26)17-6-9-18(10-7-17)25-31(27,28)20-11-12-21(29-3)22(14-20)30-4/h5-14,25H,1-4H3,(H,24,26). The van der Waals surface area contributed by atoms with Gasteiger partial charge >= 0.3 is 0 Å². The third-order valence-corrected chi connectivity index (χ3v) is 6.21. The van der Waals surface area contributed by atoms with Crippen LogP contribution >= 0.6 is 0 Å². The number of benzene rings is 3. The van der Waals surface area contributed by atoms with Crippen molar-refractivity contribution in [3.05, 3.63) is 77.4 Å². The number of nitrogens with one attached hydrogen (secondary N) is 2. The summed E-state index contributed by atoms with van der Waals surface area (Å²) in [7, 11) is -0.939. The van der Waals surface area contributed by atoms with Crippen molar-refractivity contribution in [1.82, 2.24) is 0 Å². The van der Waals surface area contributed by atoms with Crippen molar-refractivity contribution in [2.75, 3.05) is 24.3 Å². The fourth-order valence-electron chi connectivity index (χ4n) is 2.91. The fraction of sp³-hybridized carbons (Fsp3) is 0.174. The molecule has 0 radical (unpaired) electrons. The first-order valence-corrected chi connectivity index (χ1v) is 11.0. The molecular formula is C23H24N2O5S. The van der Waals surface area contributed by atoms with E-state index in [2.05, 4.69) is 10.0 Å². The maximum Gasteiger partial charge on any atom is 0.262 e. The Hall–Kier alpha value is -3.52. The van der Waals surface area contributed by atoms with Crippen LogP contribution in [0.1, 0.15) is 21.5 Å². The lowest BCUT2D eigenvalue weighted by atomic mass is 10.1. The second-order valence-corrected chi connectivity index (χ2v) is 8.64. The van der Waals surface area contributed by atoms with Gasteiger partial charge < -0.3 is 14.8 Å². The molecule has 0 heterocycles. The first-order chi connectivity index (χ1) is 14.7. The molecule has 0 fully saturated rings. The zero-order chi connectivity index (χ0) is 22.6. The van der Waals surface area contributed by atoms with Gasteiger partial charge in [-0.05, 0) is 73.5 Å². The molecule has 0 aliphatic rings. The highest BCUT2D eigenvalue weighted by Crippen LogP contribution is 2.30. The van der Waals surface area contributed by atoms with Gasteiger partial charge in [-0.15, -0.1) is 0 Å². The number of aryl methyl sites for hydroxylation is 2. The van der Waals surface area contributed by atoms with E-state index in [0.29, 0.717) is 28.4 Å². The molecule has 2 N–H and O–H groups in total. The van der Waals surface area contributed by atoms with Crippen LogP contribution in [-0.2, 0) is 10.0 Å². The van der Waals surface area contributed by atoms with E-state index in [0.717, 1.165) is 11.1 Å². The number of hydrogen-bond donors (Lipinski definition) is 2. The summed E-state index contributed by atoms with van der Waals surface area (Å²) in [6.07, 6.45) is 0. The minimum atomic E-state index is -3.85. The molecule has 0 atom stereocenters. The maximum atomic E-state index is 12.7. The average Bonchev–Trinajstić information content (AvgIpc) is 2.76. The molecule has 1 amide bonds. The lowest BCUT2D eigenvalue weighted by molar-refractivity contribution is 0.102. The molecular weight excluding hydrogens is 416 g/mol. The smallest absolute Gasteiger partial charge is 0.262 e. The maximum absolute atomic E-state index is 12.7. The molecule has 162 valence electrons. The van der Waals surface area contributed by atoms with E-state index in [1.165, 1.54) is 44.6 Å². The van der Waals surface area contributed by atoms with Crippen LogP contribution in [0.5, 0.6) is 11.5 Å². The summed E-state index contributed by atoms with van der Waals surface area (Å²) in [5, 5.41) is 2.84. The highest BCUT2D eigenvalue weighted by atomic mass is 32.2. The molecule has 0 aromatic heterocycles. The third-order valence-electron chi connectivity index (χ3n) is 4.83. The molecule has 0 aliphatic heterocycles. The van der Waals surface area contributed by atoms with E-state index in [4.69, 9.17) is 9.47 Å². The molecule has 7 nitrogen and oxygen atoms in total. The van der Waals surface area contributed by atoms with Gasteiger partial charge in [-0.3, -0.25) is 9.52 Å². The molecule has 0 unspecified atom stereocenters. The van der Waals surface area contributed by atoms with Gasteiger partial charge in [0, 0.05) is 23.0 Å². The predicted molar refractivity (Wildman–Crippen MR) is 121 cm³/mol. The van der Waals surface area contributed by atoms with Gasteiger partial charge in [0.15, 0.2) is 11.5 Å². The van der Waals surface area contributed by atoms with Crippen molar-refractivity contribution in [2.24, 2.45) is 0 Å². The molecule has 3 rings (SSSR count). The van der Waals surface area contributed by atoms with Crippen LogP contribution in [0.3, 0.4) is 0 Å². The Labute approximate surface area is 182 Å². The topological polar surface area (TPSA) is 93.7 Å². The van der Waals surface area contributed by atoms with Crippen LogP contribution in [0.25, 0.3) is 0 Å². The Kier molecular flexibility index (Phi) is 6.50. The van der Waals surface area contributed by atoms with Crippen molar-refractivity contribution in [3.63, 3.8) is 0 Å². The lowest BCUT2D eigenvalue weighted by Gasteiger charge is -2.12. The molecule has 8 heteroatoms. The number of ether oxygens (including phenoxy) is 2. The van der Waals surface area contributed by atoms with E-state index in [1.54, 1.807) is 12.1 Å². The molecule has 3 aromatic carbocycles. The van der Waals surface area contributed by atoms with Crippen LogP contribution in [0.4, 0.5) is 11.4 Å². The minimum Gasteiger partial charge on any atom is -0.493 e. The second-order valence-electron chi connectivity index (χ2n) is 6.95. The van der Waals surface area contributed by atoms with Gasteiger partial charge in [-0.1, -0.05) is 6.07 Å². The summed E-state index contributed by atoms with van der Waals surface area (Å²) in [4.78, 5) is 12.5. The monoisotopic (exact) mass is 440 g/mol. The van der Waals surface area contributed by atoms with Gasteiger partial charge in [-0.2, -0.15) is 0 Å². The fourth-order valence-corrected chi connectivity index (χ4v) is 3.98. The molecule has 3 aromatic rings.